The highest BCUT2D eigenvalue weighted by molar-refractivity contribution is 7.90. The third kappa shape index (κ3) is 3.88. The summed E-state index contributed by atoms with van der Waals surface area (Å²) in [6, 6.07) is 8.38. The maximum Gasteiger partial charge on any atom is 0.338 e. The van der Waals surface area contributed by atoms with Crippen LogP contribution >= 0.6 is 11.3 Å². The van der Waals surface area contributed by atoms with Gasteiger partial charge in [-0.15, -0.1) is 15.7 Å². The van der Waals surface area contributed by atoms with Gasteiger partial charge in [-0.1, -0.05) is 12.5 Å². The van der Waals surface area contributed by atoms with E-state index in [0.717, 1.165) is 24.1 Å². The number of carbonyl (C=O) groups is 1. The van der Waals surface area contributed by atoms with Gasteiger partial charge in [0.05, 0.1) is 16.1 Å². The smallest absolute Gasteiger partial charge is 0.338 e. The summed E-state index contributed by atoms with van der Waals surface area (Å²) in [5, 5.41) is 1.92. The van der Waals surface area contributed by atoms with E-state index in [-0.39, 0.29) is 17.1 Å². The molecule has 0 atom stereocenters. The number of sulfonamides is 1. The number of oxazole rings is 1. The minimum atomic E-state index is -3.86. The highest BCUT2D eigenvalue weighted by Gasteiger charge is 2.32. The third-order valence-corrected chi connectivity index (χ3v) is 7.41. The molecule has 31 heavy (non-hydrogen) atoms. The first-order chi connectivity index (χ1) is 15.0. The van der Waals surface area contributed by atoms with Crippen molar-refractivity contribution in [1.29, 1.82) is 0 Å². The molecule has 2 aliphatic heterocycles. The molecule has 0 spiro atoms. The van der Waals surface area contributed by atoms with Gasteiger partial charge in [0.15, 0.2) is 0 Å². The van der Waals surface area contributed by atoms with Gasteiger partial charge in [0.2, 0.25) is 5.89 Å². The summed E-state index contributed by atoms with van der Waals surface area (Å²) in [5.41, 5.74) is 1.19. The highest BCUT2D eigenvalue weighted by Crippen LogP contribution is 2.35. The van der Waals surface area contributed by atoms with Crippen molar-refractivity contribution in [3.05, 3.63) is 53.2 Å². The molecule has 1 fully saturated rings. The third-order valence-electron chi connectivity index (χ3n) is 5.22. The molecule has 0 N–H and O–H groups in total. The summed E-state index contributed by atoms with van der Waals surface area (Å²) in [7, 11) is -3.86. The average Bonchev–Trinajstić information content (AvgIpc) is 3.40. The first-order valence-electron chi connectivity index (χ1n) is 9.92. The molecule has 1 aromatic carbocycles. The van der Waals surface area contributed by atoms with Crippen LogP contribution in [-0.2, 0) is 21.4 Å². The molecule has 0 amide bonds. The number of nitrogens with zero attached hydrogens (tertiary/aromatic N) is 3. The molecule has 0 unspecified atom stereocenters. The van der Waals surface area contributed by atoms with E-state index in [0.29, 0.717) is 36.1 Å². The fourth-order valence-corrected chi connectivity index (χ4v) is 5.66. The zero-order chi connectivity index (χ0) is 21.4. The molecular formula is C21H19N3O5S2. The van der Waals surface area contributed by atoms with Crippen LogP contribution in [-0.4, -0.2) is 31.8 Å². The van der Waals surface area contributed by atoms with Crippen molar-refractivity contribution in [2.75, 3.05) is 11.4 Å². The van der Waals surface area contributed by atoms with Crippen LogP contribution in [0.15, 0.2) is 55.7 Å². The molecule has 10 heteroatoms. The molecule has 2 aromatic heterocycles. The number of carbonyl (C=O) groups excluding carboxylic acids is 1. The molecule has 2 aliphatic rings. The Hall–Kier alpha value is -2.98. The van der Waals surface area contributed by atoms with Crippen molar-refractivity contribution in [3.8, 4) is 10.8 Å². The lowest BCUT2D eigenvalue weighted by Crippen LogP contribution is -2.35. The standard InChI is InChI=1S/C21H19N3O5S2/c25-21(29-13-15-12-28-20(22-15)17-5-4-10-30-17)14-7-8-16-18(11-14)31(26,27)23-19-6-2-1-3-9-24(16)19/h4-5,7-8,10-12H,1-3,6,9,13H2. The number of esters is 1. The van der Waals surface area contributed by atoms with Gasteiger partial charge in [-0.05, 0) is 42.5 Å². The number of benzene rings is 1. The lowest BCUT2D eigenvalue weighted by atomic mass is 10.2. The molecule has 160 valence electrons. The normalized spacial score (nSPS) is 17.3. The number of rotatable bonds is 4. The molecular weight excluding hydrogens is 438 g/mol. The van der Waals surface area contributed by atoms with Crippen LogP contribution in [0.2, 0.25) is 0 Å². The van der Waals surface area contributed by atoms with Crippen LogP contribution in [0, 0.1) is 0 Å². The topological polar surface area (TPSA) is 102 Å². The monoisotopic (exact) mass is 457 g/mol. The SMILES string of the molecule is O=C(OCc1coc(-c2cccs2)n1)c1ccc2c(c1)S(=O)(=O)N=C1CCCCCN12. The summed E-state index contributed by atoms with van der Waals surface area (Å²) in [5.74, 6) is 0.407. The van der Waals surface area contributed by atoms with Gasteiger partial charge >= 0.3 is 5.97 Å². The second-order valence-electron chi connectivity index (χ2n) is 7.32. The number of ether oxygens (including phenoxy) is 1. The second kappa shape index (κ2) is 7.93. The van der Waals surface area contributed by atoms with E-state index in [2.05, 4.69) is 9.38 Å². The number of hydrogen-bond acceptors (Lipinski definition) is 8. The van der Waals surface area contributed by atoms with Crippen LogP contribution in [0.4, 0.5) is 5.69 Å². The van der Waals surface area contributed by atoms with E-state index in [1.54, 1.807) is 12.1 Å². The number of fused-ring (bicyclic) bond motifs is 3. The Morgan fingerprint density at radius 1 is 1.23 bits per heavy atom. The summed E-state index contributed by atoms with van der Waals surface area (Å²) in [4.78, 5) is 19.7. The Balaban J connectivity index is 1.35. The van der Waals surface area contributed by atoms with Gasteiger partial charge < -0.3 is 14.1 Å². The predicted octanol–water partition coefficient (Wildman–Crippen LogP) is 4.24. The highest BCUT2D eigenvalue weighted by atomic mass is 32.2. The predicted molar refractivity (Wildman–Crippen MR) is 116 cm³/mol. The number of thiophene rings is 1. The Morgan fingerprint density at radius 3 is 2.97 bits per heavy atom. The molecule has 0 radical (unpaired) electrons. The Morgan fingerprint density at radius 2 is 2.13 bits per heavy atom. The van der Waals surface area contributed by atoms with E-state index >= 15 is 0 Å². The van der Waals surface area contributed by atoms with Gasteiger partial charge in [-0.2, -0.15) is 8.42 Å². The lowest BCUT2D eigenvalue weighted by molar-refractivity contribution is 0.0467. The number of anilines is 1. The summed E-state index contributed by atoms with van der Waals surface area (Å²) >= 11 is 1.50. The van der Waals surface area contributed by atoms with Crippen molar-refractivity contribution >= 4 is 38.9 Å². The summed E-state index contributed by atoms with van der Waals surface area (Å²) in [6.45, 7) is 0.635. The lowest BCUT2D eigenvalue weighted by Gasteiger charge is -2.29. The van der Waals surface area contributed by atoms with Crippen molar-refractivity contribution in [1.82, 2.24) is 4.98 Å². The van der Waals surface area contributed by atoms with E-state index in [1.807, 2.05) is 22.4 Å². The van der Waals surface area contributed by atoms with Crippen LogP contribution in [0.3, 0.4) is 0 Å². The fourth-order valence-electron chi connectivity index (χ4n) is 3.72. The van der Waals surface area contributed by atoms with E-state index in [9.17, 15) is 13.2 Å². The second-order valence-corrected chi connectivity index (χ2v) is 9.85. The molecule has 4 heterocycles. The van der Waals surface area contributed by atoms with Crippen LogP contribution in [0.1, 0.15) is 41.7 Å². The molecule has 3 aromatic rings. The molecule has 0 aliphatic carbocycles. The maximum absolute atomic E-state index is 12.7. The van der Waals surface area contributed by atoms with Crippen LogP contribution in [0.25, 0.3) is 10.8 Å². The van der Waals surface area contributed by atoms with E-state index in [1.165, 1.54) is 23.7 Å². The van der Waals surface area contributed by atoms with Gasteiger partial charge in [0, 0.05) is 13.0 Å². The fraction of sp³-hybridized carbons (Fsp3) is 0.286. The number of hydrogen-bond donors (Lipinski definition) is 0. The molecule has 5 rings (SSSR count). The van der Waals surface area contributed by atoms with Gasteiger partial charge in [-0.25, -0.2) is 9.78 Å². The zero-order valence-electron chi connectivity index (χ0n) is 16.5. The molecule has 0 saturated carbocycles. The first-order valence-corrected chi connectivity index (χ1v) is 12.2. The van der Waals surface area contributed by atoms with Gasteiger partial charge in [0.1, 0.15) is 29.3 Å². The molecule has 1 saturated heterocycles. The van der Waals surface area contributed by atoms with Gasteiger partial charge in [0.25, 0.3) is 10.0 Å². The van der Waals surface area contributed by atoms with Crippen LogP contribution < -0.4 is 4.90 Å². The first kappa shape index (κ1) is 20.0. The van der Waals surface area contributed by atoms with Crippen molar-refractivity contribution < 1.29 is 22.4 Å². The average molecular weight is 458 g/mol. The summed E-state index contributed by atoms with van der Waals surface area (Å²) < 4.78 is 40.2. The maximum atomic E-state index is 12.7. The largest absolute Gasteiger partial charge is 0.455 e. The summed E-state index contributed by atoms with van der Waals surface area (Å²) in [6.07, 6.45) is 4.99. The van der Waals surface area contributed by atoms with Crippen LogP contribution in [0.5, 0.6) is 0 Å². The van der Waals surface area contributed by atoms with Crippen molar-refractivity contribution in [3.63, 3.8) is 0 Å². The number of aromatic nitrogens is 1. The van der Waals surface area contributed by atoms with Crippen molar-refractivity contribution in [2.45, 2.75) is 37.2 Å². The minimum absolute atomic E-state index is 0.0361. The van der Waals surface area contributed by atoms with Crippen molar-refractivity contribution in [2.24, 2.45) is 4.40 Å². The van der Waals surface area contributed by atoms with E-state index in [4.69, 9.17) is 9.15 Å². The van der Waals surface area contributed by atoms with E-state index < -0.39 is 16.0 Å². The quantitative estimate of drug-likeness (QED) is 0.540. The number of amidine groups is 1. The minimum Gasteiger partial charge on any atom is -0.455 e. The molecule has 0 bridgehead atoms. The molecule has 8 nitrogen and oxygen atoms in total. The van der Waals surface area contributed by atoms with Gasteiger partial charge in [-0.3, -0.25) is 0 Å². The zero-order valence-corrected chi connectivity index (χ0v) is 18.1. The Kier molecular flexibility index (Phi) is 5.11. The Bertz CT molecular complexity index is 1260. The Labute approximate surface area is 183 Å².